The van der Waals surface area contributed by atoms with Crippen LogP contribution >= 0.6 is 0 Å². The van der Waals surface area contributed by atoms with Crippen LogP contribution in [0.25, 0.3) is 0 Å². The van der Waals surface area contributed by atoms with Crippen LogP contribution in [0.2, 0.25) is 0 Å². The molecule has 40 heavy (non-hydrogen) atoms. The van der Waals surface area contributed by atoms with Crippen LogP contribution in [0.1, 0.15) is 73.1 Å². The summed E-state index contributed by atoms with van der Waals surface area (Å²) in [5.41, 5.74) is -1.58. The molecule has 5 nitrogen and oxygen atoms in total. The second kappa shape index (κ2) is 9.31. The molecule has 4 rings (SSSR count). The normalized spacial score (nSPS) is 37.8. The molecule has 7 atom stereocenters. The molecule has 4 aliphatic carbocycles. The molecular formula is C28H33F7O5. The highest BCUT2D eigenvalue weighted by Gasteiger charge is 2.77. The first-order valence-electron chi connectivity index (χ1n) is 13.3. The average molecular weight is 583 g/mol. The van der Waals surface area contributed by atoms with Gasteiger partial charge < -0.3 is 9.47 Å². The molecule has 0 bridgehead atoms. The van der Waals surface area contributed by atoms with Crippen LogP contribution in [-0.4, -0.2) is 41.3 Å². The van der Waals surface area contributed by atoms with Gasteiger partial charge in [-0.1, -0.05) is 26.3 Å². The van der Waals surface area contributed by atoms with E-state index in [4.69, 9.17) is 4.74 Å². The largest absolute Gasteiger partial charge is 0.460 e. The lowest BCUT2D eigenvalue weighted by Crippen LogP contribution is -2.59. The molecule has 224 valence electrons. The number of carbonyl (C=O) groups is 3. The fourth-order valence-electron chi connectivity index (χ4n) is 8.43. The third-order valence-corrected chi connectivity index (χ3v) is 10.3. The van der Waals surface area contributed by atoms with Crippen LogP contribution in [-0.2, 0) is 23.9 Å². The van der Waals surface area contributed by atoms with Crippen LogP contribution in [0.5, 0.6) is 0 Å². The number of halogens is 7. The van der Waals surface area contributed by atoms with Crippen molar-refractivity contribution in [1.29, 1.82) is 0 Å². The number of fused-ring (bicyclic) bond motifs is 5. The number of Topliss-reactive ketones (excluding diaryl/α,β-unsaturated/α-hetero) is 1. The van der Waals surface area contributed by atoms with Crippen LogP contribution < -0.4 is 0 Å². The van der Waals surface area contributed by atoms with E-state index in [2.05, 4.69) is 4.74 Å². The van der Waals surface area contributed by atoms with Crippen molar-refractivity contribution in [3.63, 3.8) is 0 Å². The van der Waals surface area contributed by atoms with Gasteiger partial charge in [-0.2, -0.15) is 30.7 Å². The van der Waals surface area contributed by atoms with E-state index in [0.29, 0.717) is 32.1 Å². The molecule has 0 N–H and O–H groups in total. The van der Waals surface area contributed by atoms with E-state index < -0.39 is 52.2 Å². The van der Waals surface area contributed by atoms with E-state index in [0.717, 1.165) is 5.57 Å². The van der Waals surface area contributed by atoms with Crippen molar-refractivity contribution in [2.75, 3.05) is 0 Å². The number of hydrogen-bond donors (Lipinski definition) is 0. The second-order valence-electron chi connectivity index (χ2n) is 12.3. The van der Waals surface area contributed by atoms with Crippen molar-refractivity contribution in [1.82, 2.24) is 0 Å². The molecule has 0 radical (unpaired) electrons. The smallest absolute Gasteiger partial charge is 0.451 e. The van der Waals surface area contributed by atoms with Gasteiger partial charge in [-0.05, 0) is 86.7 Å². The van der Waals surface area contributed by atoms with Crippen molar-refractivity contribution >= 4 is 17.7 Å². The van der Waals surface area contributed by atoms with Gasteiger partial charge >= 0.3 is 30.0 Å². The lowest BCUT2D eigenvalue weighted by Gasteiger charge is -2.60. The number of ether oxygens (including phenoxy) is 2. The molecule has 3 saturated carbocycles. The van der Waals surface area contributed by atoms with Crippen molar-refractivity contribution in [3.8, 4) is 0 Å². The maximum absolute atomic E-state index is 13.9. The molecule has 0 aliphatic heterocycles. The van der Waals surface area contributed by atoms with Crippen LogP contribution in [0.15, 0.2) is 23.5 Å². The maximum atomic E-state index is 13.9. The minimum Gasteiger partial charge on any atom is -0.451 e. The number of ketones is 1. The second-order valence-corrected chi connectivity index (χ2v) is 12.3. The highest BCUT2D eigenvalue weighted by molar-refractivity contribution is 5.89. The summed E-state index contributed by atoms with van der Waals surface area (Å²) >= 11 is 0. The molecule has 0 saturated heterocycles. The SMILES string of the molecule is CC(=O)OC1(C(C)=O)CCC2C3CC(C)C4=CC(OC(=O)C(F)(F)C(F)(F)C(F)(F)F)=CCC4(C)C3CCC21C. The van der Waals surface area contributed by atoms with Gasteiger partial charge in [0.15, 0.2) is 11.4 Å². The Hall–Kier alpha value is -2.40. The first-order valence-corrected chi connectivity index (χ1v) is 13.3. The van der Waals surface area contributed by atoms with Crippen molar-refractivity contribution in [2.45, 2.75) is 96.8 Å². The Morgan fingerprint density at radius 2 is 1.55 bits per heavy atom. The Labute approximate surface area is 227 Å². The lowest BCUT2D eigenvalue weighted by atomic mass is 9.45. The van der Waals surface area contributed by atoms with Crippen LogP contribution in [0, 0.1) is 34.5 Å². The third-order valence-electron chi connectivity index (χ3n) is 10.3. The standard InChI is InChI=1S/C28H33F7O5/c1-14-12-18-19(7-10-24(5)20(18)8-11-25(24,15(2)36)40-16(3)37)23(4)9-6-17(13-21(14)23)39-22(38)26(29,30)27(31,32)28(33,34)35/h6,13-14,18-20H,7-12H2,1-5H3. The van der Waals surface area contributed by atoms with Crippen LogP contribution in [0.3, 0.4) is 0 Å². The number of carbonyl (C=O) groups excluding carboxylic acids is 3. The van der Waals surface area contributed by atoms with Gasteiger partial charge in [-0.25, -0.2) is 4.79 Å². The minimum absolute atomic E-state index is 0.0572. The molecule has 0 aromatic heterocycles. The molecule has 12 heteroatoms. The Balaban J connectivity index is 1.59. The molecule has 0 spiro atoms. The summed E-state index contributed by atoms with van der Waals surface area (Å²) in [6, 6.07) is 0. The average Bonchev–Trinajstić information content (AvgIpc) is 3.12. The molecule has 4 aliphatic rings. The summed E-state index contributed by atoms with van der Waals surface area (Å²) in [6.45, 7) is 8.60. The molecule has 0 aromatic rings. The number of allylic oxidation sites excluding steroid dienone is 3. The fraction of sp³-hybridized carbons (Fsp3) is 0.750. The van der Waals surface area contributed by atoms with Gasteiger partial charge in [0.2, 0.25) is 0 Å². The Morgan fingerprint density at radius 1 is 0.950 bits per heavy atom. The highest BCUT2D eigenvalue weighted by atomic mass is 19.4. The Bertz CT molecular complexity index is 1170. The van der Waals surface area contributed by atoms with Crippen LogP contribution in [0.4, 0.5) is 30.7 Å². The summed E-state index contributed by atoms with van der Waals surface area (Å²) in [7, 11) is 0. The maximum Gasteiger partial charge on any atom is 0.460 e. The molecule has 0 amide bonds. The van der Waals surface area contributed by atoms with Gasteiger partial charge in [0.25, 0.3) is 0 Å². The van der Waals surface area contributed by atoms with E-state index in [1.807, 2.05) is 20.8 Å². The number of esters is 2. The van der Waals surface area contributed by atoms with Gasteiger partial charge in [0.05, 0.1) is 0 Å². The topological polar surface area (TPSA) is 69.7 Å². The minimum atomic E-state index is -6.65. The van der Waals surface area contributed by atoms with E-state index >= 15 is 0 Å². The van der Waals surface area contributed by atoms with Gasteiger partial charge in [-0.3, -0.25) is 9.59 Å². The Morgan fingerprint density at radius 3 is 2.10 bits per heavy atom. The zero-order valence-electron chi connectivity index (χ0n) is 22.9. The van der Waals surface area contributed by atoms with E-state index in [9.17, 15) is 45.1 Å². The molecule has 7 unspecified atom stereocenters. The van der Waals surface area contributed by atoms with Gasteiger partial charge in [0, 0.05) is 12.3 Å². The predicted octanol–water partition coefficient (Wildman–Crippen LogP) is 6.96. The quantitative estimate of drug-likeness (QED) is 0.259. The van der Waals surface area contributed by atoms with Gasteiger partial charge in [0.1, 0.15) is 5.76 Å². The summed E-state index contributed by atoms with van der Waals surface area (Å²) in [5, 5.41) is 0. The first-order chi connectivity index (χ1) is 18.2. The lowest BCUT2D eigenvalue weighted by molar-refractivity contribution is -0.347. The summed E-state index contributed by atoms with van der Waals surface area (Å²) in [4.78, 5) is 36.7. The summed E-state index contributed by atoms with van der Waals surface area (Å²) < 4.78 is 102. The number of alkyl halides is 7. The van der Waals surface area contributed by atoms with Crippen molar-refractivity contribution < 1.29 is 54.6 Å². The molecule has 0 aromatic carbocycles. The number of hydrogen-bond acceptors (Lipinski definition) is 5. The Kier molecular flexibility index (Phi) is 7.11. The molecule has 0 heterocycles. The van der Waals surface area contributed by atoms with Gasteiger partial charge in [-0.15, -0.1) is 0 Å². The van der Waals surface area contributed by atoms with E-state index in [1.165, 1.54) is 26.0 Å². The summed E-state index contributed by atoms with van der Waals surface area (Å²) in [6.07, 6.45) is -0.898. The van der Waals surface area contributed by atoms with E-state index in [-0.39, 0.29) is 35.9 Å². The van der Waals surface area contributed by atoms with Crippen molar-refractivity contribution in [3.05, 3.63) is 23.5 Å². The summed E-state index contributed by atoms with van der Waals surface area (Å²) in [5.74, 6) is -16.8. The molecule has 3 fully saturated rings. The van der Waals surface area contributed by atoms with Crippen molar-refractivity contribution in [2.24, 2.45) is 34.5 Å². The fourth-order valence-corrected chi connectivity index (χ4v) is 8.43. The number of rotatable bonds is 5. The first kappa shape index (κ1) is 30.6. The molecular weight excluding hydrogens is 549 g/mol. The predicted molar refractivity (Wildman–Crippen MR) is 127 cm³/mol. The zero-order chi connectivity index (χ0) is 30.3. The van der Waals surface area contributed by atoms with E-state index in [1.54, 1.807) is 0 Å². The zero-order valence-corrected chi connectivity index (χ0v) is 22.9. The third kappa shape index (κ3) is 4.13. The highest BCUT2D eigenvalue weighted by Crippen LogP contribution is 2.69. The monoisotopic (exact) mass is 582 g/mol.